The van der Waals surface area contributed by atoms with Crippen LogP contribution < -0.4 is 10.0 Å². The predicted molar refractivity (Wildman–Crippen MR) is 123 cm³/mol. The van der Waals surface area contributed by atoms with E-state index in [4.69, 9.17) is 16.3 Å². The average Bonchev–Trinajstić information content (AvgIpc) is 3.05. The van der Waals surface area contributed by atoms with Gasteiger partial charge in [0.2, 0.25) is 5.78 Å². The minimum Gasteiger partial charge on any atom is -0.872 e. The fourth-order valence-corrected chi connectivity index (χ4v) is 4.83. The van der Waals surface area contributed by atoms with Crippen LogP contribution in [0.4, 0.5) is 0 Å². The number of nitrogens with one attached hydrogen (secondary N) is 1. The van der Waals surface area contributed by atoms with E-state index in [1.54, 1.807) is 29.2 Å². The second-order valence-electron chi connectivity index (χ2n) is 8.00. The van der Waals surface area contributed by atoms with Gasteiger partial charge in [-0.05, 0) is 35.4 Å². The van der Waals surface area contributed by atoms with Crippen molar-refractivity contribution in [2.24, 2.45) is 0 Å². The molecule has 1 atom stereocenters. The summed E-state index contributed by atoms with van der Waals surface area (Å²) in [4.78, 5) is 29.0. The summed E-state index contributed by atoms with van der Waals surface area (Å²) in [6.07, 6.45) is 0.737. The lowest BCUT2D eigenvalue weighted by Gasteiger charge is -2.29. The second kappa shape index (κ2) is 10.2. The molecule has 6 nitrogen and oxygen atoms in total. The van der Waals surface area contributed by atoms with E-state index in [0.717, 1.165) is 49.3 Å². The number of hydrogen-bond donors (Lipinski definition) is 1. The minimum atomic E-state index is -0.728. The molecule has 1 N–H and O–H groups in total. The van der Waals surface area contributed by atoms with Gasteiger partial charge in [-0.25, -0.2) is 0 Å². The number of nitrogens with zero attached hydrogens (tertiary/aromatic N) is 1. The van der Waals surface area contributed by atoms with E-state index >= 15 is 0 Å². The zero-order valence-electron chi connectivity index (χ0n) is 17.5. The maximum Gasteiger partial charge on any atom is 0.295 e. The van der Waals surface area contributed by atoms with Crippen LogP contribution in [0.25, 0.3) is 5.76 Å². The highest BCUT2D eigenvalue weighted by Gasteiger charge is 2.44. The van der Waals surface area contributed by atoms with Crippen LogP contribution in [0.5, 0.6) is 0 Å². The van der Waals surface area contributed by atoms with Crippen molar-refractivity contribution in [3.8, 4) is 0 Å². The highest BCUT2D eigenvalue weighted by molar-refractivity contribution is 9.10. The van der Waals surface area contributed by atoms with Gasteiger partial charge in [0, 0.05) is 28.0 Å². The first kappa shape index (κ1) is 23.0. The van der Waals surface area contributed by atoms with E-state index in [1.807, 2.05) is 24.3 Å². The Morgan fingerprint density at radius 1 is 1.16 bits per heavy atom. The Kier molecular flexibility index (Phi) is 7.30. The lowest BCUT2D eigenvalue weighted by Crippen LogP contribution is -3.14. The Labute approximate surface area is 200 Å². The highest BCUT2D eigenvalue weighted by atomic mass is 79.9. The number of carbonyl (C=O) groups is 2. The van der Waals surface area contributed by atoms with Crippen LogP contribution in [0.1, 0.15) is 23.6 Å². The van der Waals surface area contributed by atoms with Crippen molar-refractivity contribution in [3.63, 3.8) is 0 Å². The van der Waals surface area contributed by atoms with E-state index < -0.39 is 23.5 Å². The summed E-state index contributed by atoms with van der Waals surface area (Å²) in [5, 5.41) is 13.8. The fraction of sp³-hybridized carbons (Fsp3) is 0.333. The summed E-state index contributed by atoms with van der Waals surface area (Å²) in [5.74, 6) is -1.79. The van der Waals surface area contributed by atoms with Crippen molar-refractivity contribution < 1.29 is 24.3 Å². The van der Waals surface area contributed by atoms with Crippen LogP contribution in [0.15, 0.2) is 58.6 Å². The molecule has 0 aromatic heterocycles. The topological polar surface area (TPSA) is 74.1 Å². The molecule has 2 aliphatic heterocycles. The Bertz CT molecular complexity index is 1030. The summed E-state index contributed by atoms with van der Waals surface area (Å²) in [5.41, 5.74) is 1.06. The molecule has 8 heteroatoms. The van der Waals surface area contributed by atoms with Crippen molar-refractivity contribution >= 4 is 45.0 Å². The van der Waals surface area contributed by atoms with Crippen molar-refractivity contribution in [1.29, 1.82) is 0 Å². The number of quaternary nitrogens is 1. The molecule has 0 spiro atoms. The third kappa shape index (κ3) is 4.91. The summed E-state index contributed by atoms with van der Waals surface area (Å²) in [7, 11) is 0. The van der Waals surface area contributed by atoms with Crippen LogP contribution in [0, 0.1) is 0 Å². The van der Waals surface area contributed by atoms with Crippen LogP contribution >= 0.6 is 27.5 Å². The molecule has 0 radical (unpaired) electrons. The predicted octanol–water partition coefficient (Wildman–Crippen LogP) is 1.63. The van der Waals surface area contributed by atoms with Crippen LogP contribution in [-0.4, -0.2) is 56.0 Å². The first-order valence-corrected chi connectivity index (χ1v) is 11.8. The third-order valence-electron chi connectivity index (χ3n) is 5.93. The molecule has 2 fully saturated rings. The molecule has 1 unspecified atom stereocenters. The van der Waals surface area contributed by atoms with Crippen molar-refractivity contribution in [1.82, 2.24) is 4.90 Å². The van der Waals surface area contributed by atoms with E-state index in [1.165, 1.54) is 4.90 Å². The molecule has 0 bridgehead atoms. The first-order chi connectivity index (χ1) is 15.5. The molecule has 32 heavy (non-hydrogen) atoms. The van der Waals surface area contributed by atoms with Gasteiger partial charge < -0.3 is 19.6 Å². The summed E-state index contributed by atoms with van der Waals surface area (Å²) < 4.78 is 6.22. The van der Waals surface area contributed by atoms with Gasteiger partial charge >= 0.3 is 0 Å². The number of carbonyl (C=O) groups excluding carboxylic acids is 2. The van der Waals surface area contributed by atoms with Crippen LogP contribution in [-0.2, 0) is 14.3 Å². The standard InChI is InChI=1S/C24H24BrClN2O4/c25-18-4-1-3-17(15-18)21-20(22(29)16-5-7-19(26)8-6-16)23(30)24(31)28(21)10-2-9-27-11-13-32-14-12-27/h1,3-8,15,21,29H,2,9-14H2/b22-20+. The molecule has 2 aromatic rings. The number of likely N-dealkylation sites (tertiary alicyclic amines) is 1. The van der Waals surface area contributed by atoms with Crippen molar-refractivity contribution in [2.75, 3.05) is 39.4 Å². The van der Waals surface area contributed by atoms with Gasteiger partial charge in [0.25, 0.3) is 5.91 Å². The third-order valence-corrected chi connectivity index (χ3v) is 6.67. The number of Topliss-reactive ketones (excluding diaryl/α,β-unsaturated/α-hetero) is 1. The number of benzene rings is 2. The molecule has 1 amide bonds. The monoisotopic (exact) mass is 518 g/mol. The maximum atomic E-state index is 13.3. The number of amides is 1. The van der Waals surface area contributed by atoms with E-state index in [0.29, 0.717) is 17.1 Å². The molecule has 2 aliphatic rings. The first-order valence-electron chi connectivity index (χ1n) is 10.6. The summed E-state index contributed by atoms with van der Waals surface area (Å²) in [6.45, 7) is 4.65. The summed E-state index contributed by atoms with van der Waals surface area (Å²) in [6, 6.07) is 13.1. The number of ketones is 1. The van der Waals surface area contributed by atoms with Gasteiger partial charge in [-0.2, -0.15) is 0 Å². The number of hydrogen-bond acceptors (Lipinski definition) is 4. The van der Waals surface area contributed by atoms with Gasteiger partial charge in [-0.3, -0.25) is 9.59 Å². The molecular formula is C24H24BrClN2O4. The summed E-state index contributed by atoms with van der Waals surface area (Å²) >= 11 is 9.41. The number of morpholine rings is 1. The van der Waals surface area contributed by atoms with Crippen molar-refractivity contribution in [2.45, 2.75) is 12.5 Å². The van der Waals surface area contributed by atoms with E-state index in [-0.39, 0.29) is 5.57 Å². The molecule has 4 rings (SSSR count). The zero-order valence-corrected chi connectivity index (χ0v) is 19.8. The zero-order chi connectivity index (χ0) is 22.7. The number of ether oxygens (including phenoxy) is 1. The minimum absolute atomic E-state index is 0.00542. The lowest BCUT2D eigenvalue weighted by atomic mass is 9.95. The van der Waals surface area contributed by atoms with E-state index in [9.17, 15) is 14.7 Å². The second-order valence-corrected chi connectivity index (χ2v) is 9.35. The molecule has 2 heterocycles. The largest absolute Gasteiger partial charge is 0.872 e. The number of rotatable bonds is 6. The lowest BCUT2D eigenvalue weighted by molar-refractivity contribution is -0.908. The molecular weight excluding hydrogens is 496 g/mol. The van der Waals surface area contributed by atoms with Gasteiger partial charge in [0.1, 0.15) is 13.1 Å². The quantitative estimate of drug-likeness (QED) is 0.358. The SMILES string of the molecule is O=C1C(=O)N(CCC[NH+]2CCOCC2)C(c2cccc(Br)c2)/C1=C(\[O-])c1ccc(Cl)cc1. The number of halogens is 2. The van der Waals surface area contributed by atoms with Gasteiger partial charge in [-0.15, -0.1) is 0 Å². The van der Waals surface area contributed by atoms with Gasteiger partial charge in [0.05, 0.1) is 25.8 Å². The molecule has 0 aliphatic carbocycles. The van der Waals surface area contributed by atoms with Gasteiger partial charge in [-0.1, -0.05) is 57.6 Å². The normalized spacial score (nSPS) is 21.3. The Balaban J connectivity index is 1.67. The van der Waals surface area contributed by atoms with Crippen molar-refractivity contribution in [3.05, 3.63) is 74.7 Å². The van der Waals surface area contributed by atoms with Crippen LogP contribution in [0.3, 0.4) is 0 Å². The Morgan fingerprint density at radius 3 is 2.56 bits per heavy atom. The molecule has 2 saturated heterocycles. The maximum absolute atomic E-state index is 13.3. The molecule has 2 aromatic carbocycles. The smallest absolute Gasteiger partial charge is 0.295 e. The Hall–Kier alpha value is -2.19. The molecule has 168 valence electrons. The molecule has 0 saturated carbocycles. The Morgan fingerprint density at radius 2 is 1.88 bits per heavy atom. The van der Waals surface area contributed by atoms with Gasteiger partial charge in [0.15, 0.2) is 0 Å². The van der Waals surface area contributed by atoms with Crippen LogP contribution in [0.2, 0.25) is 5.02 Å². The average molecular weight is 520 g/mol. The fourth-order valence-electron chi connectivity index (χ4n) is 4.29. The van der Waals surface area contributed by atoms with E-state index in [2.05, 4.69) is 15.9 Å². The highest BCUT2D eigenvalue weighted by Crippen LogP contribution is 2.39.